The monoisotopic (exact) mass is 394 g/mol. The highest BCUT2D eigenvalue weighted by molar-refractivity contribution is 5.94. The Hall–Kier alpha value is -3.94. The first-order valence-corrected chi connectivity index (χ1v) is 8.85. The van der Waals surface area contributed by atoms with Crippen LogP contribution in [0.15, 0.2) is 77.7 Å². The molecule has 3 amide bonds. The van der Waals surface area contributed by atoms with Crippen molar-refractivity contribution in [1.82, 2.24) is 20.7 Å². The summed E-state index contributed by atoms with van der Waals surface area (Å²) in [4.78, 5) is 36.6. The molecule has 0 radical (unpaired) electrons. The van der Waals surface area contributed by atoms with E-state index in [2.05, 4.69) is 16.2 Å². The molecule has 0 saturated carbocycles. The third-order valence-electron chi connectivity index (χ3n) is 4.09. The lowest BCUT2D eigenvalue weighted by Crippen LogP contribution is -2.48. The van der Waals surface area contributed by atoms with Gasteiger partial charge in [-0.15, -0.1) is 0 Å². The summed E-state index contributed by atoms with van der Waals surface area (Å²) in [6.07, 6.45) is 1.50. The molecule has 0 fully saturated rings. The Balaban J connectivity index is 1.59. The molecule has 1 heterocycles. The van der Waals surface area contributed by atoms with Gasteiger partial charge in [0.05, 0.1) is 6.54 Å². The van der Waals surface area contributed by atoms with Gasteiger partial charge in [0, 0.05) is 12.7 Å². The minimum atomic E-state index is -0.751. The maximum absolute atomic E-state index is 13.3. The molecule has 0 aliphatic rings. The Bertz CT molecular complexity index is 1070. The minimum absolute atomic E-state index is 0.114. The van der Waals surface area contributed by atoms with Crippen LogP contribution in [0.1, 0.15) is 21.5 Å². The number of hydrogen-bond acceptors (Lipinski definition) is 3. The molecule has 3 aromatic rings. The molecule has 0 saturated heterocycles. The van der Waals surface area contributed by atoms with E-state index in [4.69, 9.17) is 0 Å². The van der Waals surface area contributed by atoms with Crippen LogP contribution in [0.2, 0.25) is 0 Å². The first kappa shape index (κ1) is 19.8. The average Bonchev–Trinajstić information content (AvgIpc) is 2.73. The number of nitrogens with one attached hydrogen (secondary N) is 3. The zero-order chi connectivity index (χ0) is 20.6. The summed E-state index contributed by atoms with van der Waals surface area (Å²) in [7, 11) is 0. The van der Waals surface area contributed by atoms with E-state index in [1.807, 2.05) is 30.3 Å². The van der Waals surface area contributed by atoms with E-state index >= 15 is 0 Å². The normalized spacial score (nSPS) is 10.2. The molecule has 3 rings (SSSR count). The molecule has 0 aliphatic heterocycles. The number of urea groups is 1. The summed E-state index contributed by atoms with van der Waals surface area (Å²) < 4.78 is 14.6. The smallest absolute Gasteiger partial charge is 0.333 e. The molecule has 148 valence electrons. The topological polar surface area (TPSA) is 92.2 Å². The van der Waals surface area contributed by atoms with E-state index in [0.29, 0.717) is 5.56 Å². The van der Waals surface area contributed by atoms with Crippen LogP contribution in [-0.2, 0) is 13.1 Å². The van der Waals surface area contributed by atoms with Crippen LogP contribution in [0.5, 0.6) is 0 Å². The van der Waals surface area contributed by atoms with Crippen LogP contribution in [0.3, 0.4) is 0 Å². The Morgan fingerprint density at radius 2 is 1.66 bits per heavy atom. The second kappa shape index (κ2) is 9.32. The van der Waals surface area contributed by atoms with E-state index in [1.165, 1.54) is 35.0 Å². The summed E-state index contributed by atoms with van der Waals surface area (Å²) in [5.74, 6) is -1.16. The van der Waals surface area contributed by atoms with E-state index in [9.17, 15) is 18.8 Å². The van der Waals surface area contributed by atoms with Gasteiger partial charge in [-0.2, -0.15) is 0 Å². The third-order valence-corrected chi connectivity index (χ3v) is 4.09. The summed E-state index contributed by atoms with van der Waals surface area (Å²) >= 11 is 0. The number of hydrazine groups is 1. The zero-order valence-electron chi connectivity index (χ0n) is 15.4. The molecule has 8 heteroatoms. The van der Waals surface area contributed by atoms with E-state index in [1.54, 1.807) is 12.1 Å². The number of rotatable bonds is 5. The van der Waals surface area contributed by atoms with Gasteiger partial charge in [0.1, 0.15) is 11.4 Å². The van der Waals surface area contributed by atoms with Gasteiger partial charge in [0.15, 0.2) is 0 Å². The van der Waals surface area contributed by atoms with E-state index < -0.39 is 23.3 Å². The zero-order valence-corrected chi connectivity index (χ0v) is 15.4. The van der Waals surface area contributed by atoms with Gasteiger partial charge in [-0.1, -0.05) is 42.5 Å². The molecular weight excluding hydrogens is 375 g/mol. The first-order valence-electron chi connectivity index (χ1n) is 8.85. The van der Waals surface area contributed by atoms with Crippen LogP contribution in [0.4, 0.5) is 9.18 Å². The predicted molar refractivity (Wildman–Crippen MR) is 105 cm³/mol. The van der Waals surface area contributed by atoms with Gasteiger partial charge in [0.2, 0.25) is 0 Å². The lowest BCUT2D eigenvalue weighted by molar-refractivity contribution is 0.0934. The molecular formula is C21H19FN4O3. The summed E-state index contributed by atoms with van der Waals surface area (Å²) in [6, 6.07) is 17.4. The van der Waals surface area contributed by atoms with E-state index in [0.717, 1.165) is 5.56 Å². The highest BCUT2D eigenvalue weighted by Gasteiger charge is 2.13. The SMILES string of the molecule is O=C(NCc1ccccc1)NNC(=O)c1cccn(Cc2cccc(F)c2)c1=O. The van der Waals surface area contributed by atoms with Crippen LogP contribution < -0.4 is 21.7 Å². The molecule has 3 N–H and O–H groups in total. The molecule has 0 aliphatic carbocycles. The standard InChI is InChI=1S/C21H19FN4O3/c22-17-9-4-8-16(12-17)14-26-11-5-10-18(20(26)28)19(27)24-25-21(29)23-13-15-6-2-1-3-7-15/h1-12H,13-14H2,(H,24,27)(H2,23,25,29). The molecule has 0 unspecified atom stereocenters. The van der Waals surface area contributed by atoms with Gasteiger partial charge >= 0.3 is 6.03 Å². The third kappa shape index (κ3) is 5.52. The molecule has 0 bridgehead atoms. The van der Waals surface area contributed by atoms with Crippen molar-refractivity contribution in [2.45, 2.75) is 13.1 Å². The number of pyridine rings is 1. The number of aromatic nitrogens is 1. The Labute approximate surface area is 166 Å². The molecule has 29 heavy (non-hydrogen) atoms. The Morgan fingerprint density at radius 1 is 0.897 bits per heavy atom. The van der Waals surface area contributed by atoms with Crippen LogP contribution in [-0.4, -0.2) is 16.5 Å². The molecule has 2 aromatic carbocycles. The van der Waals surface area contributed by atoms with Crippen LogP contribution in [0, 0.1) is 5.82 Å². The fourth-order valence-corrected chi connectivity index (χ4v) is 2.67. The molecule has 7 nitrogen and oxygen atoms in total. The van der Waals surface area contributed by atoms with Gasteiger partial charge in [-0.3, -0.25) is 15.0 Å². The number of halogens is 1. The van der Waals surface area contributed by atoms with Crippen molar-refractivity contribution in [3.63, 3.8) is 0 Å². The second-order valence-corrected chi connectivity index (χ2v) is 6.23. The average molecular weight is 394 g/mol. The van der Waals surface area contributed by atoms with Crippen LogP contribution in [0.25, 0.3) is 0 Å². The number of benzene rings is 2. The maximum Gasteiger partial charge on any atom is 0.333 e. The van der Waals surface area contributed by atoms with Crippen molar-refractivity contribution < 1.29 is 14.0 Å². The van der Waals surface area contributed by atoms with Gasteiger partial charge in [0.25, 0.3) is 11.5 Å². The highest BCUT2D eigenvalue weighted by atomic mass is 19.1. The van der Waals surface area contributed by atoms with Crippen molar-refractivity contribution in [2.75, 3.05) is 0 Å². The molecule has 0 atom stereocenters. The second-order valence-electron chi connectivity index (χ2n) is 6.23. The van der Waals surface area contributed by atoms with Crippen molar-refractivity contribution in [2.24, 2.45) is 0 Å². The number of hydrogen-bond donors (Lipinski definition) is 3. The van der Waals surface area contributed by atoms with Crippen molar-refractivity contribution in [3.8, 4) is 0 Å². The van der Waals surface area contributed by atoms with Crippen molar-refractivity contribution in [1.29, 1.82) is 0 Å². The summed E-state index contributed by atoms with van der Waals surface area (Å²) in [5.41, 5.74) is 5.19. The Kier molecular flexibility index (Phi) is 6.36. The van der Waals surface area contributed by atoms with Gasteiger partial charge in [-0.25, -0.2) is 14.6 Å². The van der Waals surface area contributed by atoms with Crippen molar-refractivity contribution in [3.05, 3.63) is 106 Å². The Morgan fingerprint density at radius 3 is 2.41 bits per heavy atom. The largest absolute Gasteiger partial charge is 0.333 e. The number of carbonyl (C=O) groups excluding carboxylic acids is 2. The van der Waals surface area contributed by atoms with E-state index in [-0.39, 0.29) is 18.7 Å². The lowest BCUT2D eigenvalue weighted by Gasteiger charge is -2.10. The van der Waals surface area contributed by atoms with Gasteiger partial charge < -0.3 is 9.88 Å². The fourth-order valence-electron chi connectivity index (χ4n) is 2.67. The minimum Gasteiger partial charge on any atom is -0.333 e. The number of nitrogens with zero attached hydrogens (tertiary/aromatic N) is 1. The fraction of sp³-hybridized carbons (Fsp3) is 0.0952. The first-order chi connectivity index (χ1) is 14.0. The predicted octanol–water partition coefficient (Wildman–Crippen LogP) is 2.18. The lowest BCUT2D eigenvalue weighted by atomic mass is 10.2. The van der Waals surface area contributed by atoms with Gasteiger partial charge in [-0.05, 0) is 35.4 Å². The number of carbonyl (C=O) groups is 2. The quantitative estimate of drug-likeness (QED) is 0.579. The highest BCUT2D eigenvalue weighted by Crippen LogP contribution is 2.05. The van der Waals surface area contributed by atoms with Crippen molar-refractivity contribution >= 4 is 11.9 Å². The summed E-state index contributed by atoms with van der Waals surface area (Å²) in [5, 5.41) is 2.59. The molecule has 1 aromatic heterocycles. The number of amides is 3. The maximum atomic E-state index is 13.3. The molecule has 0 spiro atoms. The summed E-state index contributed by atoms with van der Waals surface area (Å²) in [6.45, 7) is 0.400. The van der Waals surface area contributed by atoms with Crippen LogP contribution >= 0.6 is 0 Å².